The van der Waals surface area contributed by atoms with Crippen LogP contribution < -0.4 is 10.6 Å². The molecular weight excluding hydrogens is 246 g/mol. The van der Waals surface area contributed by atoms with Crippen LogP contribution in [0.1, 0.15) is 12.0 Å². The maximum atomic E-state index is 8.84. The van der Waals surface area contributed by atoms with E-state index in [2.05, 4.69) is 39.2 Å². The number of hydrogen-bond acceptors (Lipinski definition) is 5. The maximum absolute atomic E-state index is 8.84. The molecule has 0 saturated carbocycles. The predicted octanol–water partition coefficient (Wildman–Crippen LogP) is 2.53. The molecule has 1 aliphatic rings. The molecule has 0 unspecified atom stereocenters. The van der Waals surface area contributed by atoms with Crippen LogP contribution in [0.3, 0.4) is 0 Å². The van der Waals surface area contributed by atoms with Gasteiger partial charge in [-0.1, -0.05) is 12.2 Å². The zero-order chi connectivity index (χ0) is 12.4. The van der Waals surface area contributed by atoms with E-state index in [1.54, 1.807) is 11.3 Å². The highest BCUT2D eigenvalue weighted by molar-refractivity contribution is 7.16. The minimum absolute atomic E-state index is 0.199. The summed E-state index contributed by atoms with van der Waals surface area (Å²) in [6.07, 6.45) is 4.94. The summed E-state index contributed by atoms with van der Waals surface area (Å²) in [6.45, 7) is 1.79. The molecule has 0 spiro atoms. The molecule has 18 heavy (non-hydrogen) atoms. The van der Waals surface area contributed by atoms with Crippen LogP contribution in [0.15, 0.2) is 17.5 Å². The van der Waals surface area contributed by atoms with Gasteiger partial charge in [0.25, 0.3) is 0 Å². The summed E-state index contributed by atoms with van der Waals surface area (Å²) in [5, 5.41) is 18.8. The number of nitrogens with one attached hydrogen (secondary N) is 2. The molecule has 1 aliphatic heterocycles. The zero-order valence-electron chi connectivity index (χ0n) is 9.94. The molecule has 0 aromatic carbocycles. The van der Waals surface area contributed by atoms with Crippen molar-refractivity contribution in [3.05, 3.63) is 23.1 Å². The summed E-state index contributed by atoms with van der Waals surface area (Å²) in [5.41, 5.74) is 2.28. The topological polar surface area (TPSA) is 57.2 Å². The summed E-state index contributed by atoms with van der Waals surface area (Å²) >= 11 is 1.65. The van der Waals surface area contributed by atoms with Gasteiger partial charge >= 0.3 is 0 Å². The molecule has 3 rings (SSSR count). The Morgan fingerprint density at radius 3 is 3.33 bits per heavy atom. The van der Waals surface area contributed by atoms with Crippen LogP contribution in [0.4, 0.5) is 11.5 Å². The SMILES string of the molecule is OCCCNc1nc2sccc2c2c1C=CCN2. The van der Waals surface area contributed by atoms with Gasteiger partial charge < -0.3 is 15.7 Å². The van der Waals surface area contributed by atoms with Crippen molar-refractivity contribution < 1.29 is 5.11 Å². The molecule has 3 N–H and O–H groups in total. The third kappa shape index (κ3) is 1.95. The first-order chi connectivity index (χ1) is 8.90. The lowest BCUT2D eigenvalue weighted by atomic mass is 10.1. The van der Waals surface area contributed by atoms with Gasteiger partial charge in [-0.25, -0.2) is 4.98 Å². The van der Waals surface area contributed by atoms with E-state index >= 15 is 0 Å². The van der Waals surface area contributed by atoms with E-state index in [1.807, 2.05) is 0 Å². The smallest absolute Gasteiger partial charge is 0.137 e. The lowest BCUT2D eigenvalue weighted by Crippen LogP contribution is -2.11. The van der Waals surface area contributed by atoms with Crippen LogP contribution in [0, 0.1) is 0 Å². The molecular formula is C13H15N3OS. The Morgan fingerprint density at radius 1 is 1.50 bits per heavy atom. The summed E-state index contributed by atoms with van der Waals surface area (Å²) in [5.74, 6) is 0.900. The number of anilines is 2. The van der Waals surface area contributed by atoms with Gasteiger partial charge in [-0.15, -0.1) is 11.3 Å². The number of aliphatic hydroxyl groups excluding tert-OH is 1. The largest absolute Gasteiger partial charge is 0.396 e. The summed E-state index contributed by atoms with van der Waals surface area (Å²) in [7, 11) is 0. The molecule has 0 saturated heterocycles. The van der Waals surface area contributed by atoms with Crippen molar-refractivity contribution in [1.82, 2.24) is 4.98 Å². The van der Waals surface area contributed by atoms with E-state index in [1.165, 1.54) is 5.39 Å². The lowest BCUT2D eigenvalue weighted by molar-refractivity contribution is 0.292. The van der Waals surface area contributed by atoms with Crippen LogP contribution in [-0.2, 0) is 0 Å². The van der Waals surface area contributed by atoms with Gasteiger partial charge in [0.2, 0.25) is 0 Å². The predicted molar refractivity (Wildman–Crippen MR) is 77.3 cm³/mol. The van der Waals surface area contributed by atoms with Crippen molar-refractivity contribution in [2.24, 2.45) is 0 Å². The number of aromatic nitrogens is 1. The molecule has 4 nitrogen and oxygen atoms in total. The molecule has 2 aromatic rings. The van der Waals surface area contributed by atoms with Crippen LogP contribution >= 0.6 is 11.3 Å². The van der Waals surface area contributed by atoms with E-state index in [0.717, 1.165) is 41.4 Å². The minimum Gasteiger partial charge on any atom is -0.396 e. The number of thiophene rings is 1. The van der Waals surface area contributed by atoms with Gasteiger partial charge in [-0.2, -0.15) is 0 Å². The first-order valence-electron chi connectivity index (χ1n) is 6.06. The van der Waals surface area contributed by atoms with Gasteiger partial charge in [-0.3, -0.25) is 0 Å². The quantitative estimate of drug-likeness (QED) is 0.740. The molecule has 2 aromatic heterocycles. The molecule has 0 fully saturated rings. The van der Waals surface area contributed by atoms with Crippen LogP contribution in [0.2, 0.25) is 0 Å². The number of pyridine rings is 1. The number of nitrogens with zero attached hydrogens (tertiary/aromatic N) is 1. The van der Waals surface area contributed by atoms with Crippen molar-refractivity contribution in [3.63, 3.8) is 0 Å². The van der Waals surface area contributed by atoms with Gasteiger partial charge in [0.1, 0.15) is 10.6 Å². The fourth-order valence-corrected chi connectivity index (χ4v) is 2.89. The van der Waals surface area contributed by atoms with E-state index in [4.69, 9.17) is 5.11 Å². The molecule has 0 aliphatic carbocycles. The first kappa shape index (κ1) is 11.5. The Kier molecular flexibility index (Phi) is 3.17. The number of rotatable bonds is 4. The zero-order valence-corrected chi connectivity index (χ0v) is 10.8. The summed E-state index contributed by atoms with van der Waals surface area (Å²) in [4.78, 5) is 5.70. The molecule has 0 amide bonds. The molecule has 94 valence electrons. The van der Waals surface area contributed by atoms with Gasteiger partial charge in [0, 0.05) is 30.6 Å². The normalized spacial score (nSPS) is 13.4. The third-order valence-corrected chi connectivity index (χ3v) is 3.77. The van der Waals surface area contributed by atoms with E-state index in [-0.39, 0.29) is 6.61 Å². The van der Waals surface area contributed by atoms with Crippen molar-refractivity contribution in [2.45, 2.75) is 6.42 Å². The minimum atomic E-state index is 0.199. The Morgan fingerprint density at radius 2 is 2.44 bits per heavy atom. The Balaban J connectivity index is 2.05. The summed E-state index contributed by atoms with van der Waals surface area (Å²) < 4.78 is 0. The van der Waals surface area contributed by atoms with Crippen molar-refractivity contribution in [3.8, 4) is 0 Å². The van der Waals surface area contributed by atoms with E-state index in [9.17, 15) is 0 Å². The Bertz CT molecular complexity index is 591. The number of fused-ring (bicyclic) bond motifs is 3. The monoisotopic (exact) mass is 261 g/mol. The first-order valence-corrected chi connectivity index (χ1v) is 6.94. The van der Waals surface area contributed by atoms with Crippen molar-refractivity contribution in [2.75, 3.05) is 30.3 Å². The average Bonchev–Trinajstić information content (AvgIpc) is 2.87. The lowest BCUT2D eigenvalue weighted by Gasteiger charge is -2.18. The Labute approximate surface area is 109 Å². The van der Waals surface area contributed by atoms with Gasteiger partial charge in [0.15, 0.2) is 0 Å². The standard InChI is InChI=1S/C13H15N3OS/c17-7-2-6-15-12-9-3-1-5-14-11(9)10-4-8-18-13(10)16-12/h1,3-4,8,14,17H,2,5-7H2,(H,15,16). The Hall–Kier alpha value is -1.59. The highest BCUT2D eigenvalue weighted by Gasteiger charge is 2.15. The third-order valence-electron chi connectivity index (χ3n) is 2.96. The molecule has 0 atom stereocenters. The van der Waals surface area contributed by atoms with Gasteiger partial charge in [-0.05, 0) is 17.9 Å². The van der Waals surface area contributed by atoms with Crippen LogP contribution in [0.5, 0.6) is 0 Å². The van der Waals surface area contributed by atoms with E-state index < -0.39 is 0 Å². The highest BCUT2D eigenvalue weighted by atomic mass is 32.1. The summed E-state index contributed by atoms with van der Waals surface area (Å²) in [6, 6.07) is 2.11. The van der Waals surface area contributed by atoms with Crippen LogP contribution in [-0.4, -0.2) is 29.8 Å². The van der Waals surface area contributed by atoms with Gasteiger partial charge in [0.05, 0.1) is 5.69 Å². The fourth-order valence-electron chi connectivity index (χ4n) is 2.11. The molecule has 0 bridgehead atoms. The second-order valence-electron chi connectivity index (χ2n) is 4.18. The van der Waals surface area contributed by atoms with Crippen LogP contribution in [0.25, 0.3) is 16.3 Å². The average molecular weight is 261 g/mol. The highest BCUT2D eigenvalue weighted by Crippen LogP contribution is 2.36. The number of aliphatic hydroxyl groups is 1. The second kappa shape index (κ2) is 4.96. The second-order valence-corrected chi connectivity index (χ2v) is 5.07. The van der Waals surface area contributed by atoms with Crippen molar-refractivity contribution >= 4 is 39.1 Å². The molecule has 5 heteroatoms. The number of hydrogen-bond donors (Lipinski definition) is 3. The maximum Gasteiger partial charge on any atom is 0.137 e. The van der Waals surface area contributed by atoms with E-state index in [0.29, 0.717) is 0 Å². The molecule has 0 radical (unpaired) electrons. The van der Waals surface area contributed by atoms with Crippen molar-refractivity contribution in [1.29, 1.82) is 0 Å². The molecule has 3 heterocycles. The fraction of sp³-hybridized carbons (Fsp3) is 0.308.